The molecule has 2 N–H and O–H groups in total. The highest BCUT2D eigenvalue weighted by molar-refractivity contribution is 6.08. The van der Waals surface area contributed by atoms with Crippen molar-refractivity contribution >= 4 is 11.6 Å². The smallest absolute Gasteiger partial charge is 0.262 e. The van der Waals surface area contributed by atoms with Crippen LogP contribution in [0, 0.1) is 5.82 Å². The van der Waals surface area contributed by atoms with Crippen molar-refractivity contribution < 1.29 is 19.4 Å². The first-order chi connectivity index (χ1) is 11.2. The minimum Gasteiger partial charge on any atom is -0.508 e. The van der Waals surface area contributed by atoms with Gasteiger partial charge in [-0.15, -0.1) is 0 Å². The van der Waals surface area contributed by atoms with Crippen molar-refractivity contribution in [3.63, 3.8) is 0 Å². The standard InChI is InChI=1S/C19H22FNO3/c1-11(2)15-9-16(18(23)10-17(15)22)19(24)21(12(3)4)14-7-5-6-13(20)8-14/h5-12,22-23H,1-4H3. The molecular weight excluding hydrogens is 309 g/mol. The van der Waals surface area contributed by atoms with E-state index >= 15 is 0 Å². The van der Waals surface area contributed by atoms with Gasteiger partial charge in [-0.25, -0.2) is 4.39 Å². The second-order valence-corrected chi connectivity index (χ2v) is 6.33. The molecule has 0 bridgehead atoms. The van der Waals surface area contributed by atoms with Crippen molar-refractivity contribution in [2.75, 3.05) is 4.90 Å². The molecule has 4 nitrogen and oxygen atoms in total. The first kappa shape index (κ1) is 17.8. The van der Waals surface area contributed by atoms with E-state index in [0.717, 1.165) is 0 Å². The predicted molar refractivity (Wildman–Crippen MR) is 92.2 cm³/mol. The van der Waals surface area contributed by atoms with Gasteiger partial charge in [0.2, 0.25) is 0 Å². The fraction of sp³-hybridized carbons (Fsp3) is 0.316. The Kier molecular flexibility index (Phi) is 5.12. The van der Waals surface area contributed by atoms with Crippen LogP contribution in [-0.4, -0.2) is 22.2 Å². The lowest BCUT2D eigenvalue weighted by molar-refractivity contribution is 0.0977. The maximum absolute atomic E-state index is 13.5. The summed E-state index contributed by atoms with van der Waals surface area (Å²) in [6.45, 7) is 7.38. The van der Waals surface area contributed by atoms with Crippen molar-refractivity contribution in [3.05, 3.63) is 53.3 Å². The molecular formula is C19H22FNO3. The number of hydrogen-bond donors (Lipinski definition) is 2. The molecule has 0 unspecified atom stereocenters. The molecule has 0 heterocycles. The van der Waals surface area contributed by atoms with Gasteiger partial charge in [0.15, 0.2) is 0 Å². The van der Waals surface area contributed by atoms with Crippen LogP contribution >= 0.6 is 0 Å². The molecule has 0 radical (unpaired) electrons. The molecule has 24 heavy (non-hydrogen) atoms. The van der Waals surface area contributed by atoms with Crippen LogP contribution in [0.15, 0.2) is 36.4 Å². The van der Waals surface area contributed by atoms with E-state index in [1.54, 1.807) is 6.07 Å². The second-order valence-electron chi connectivity index (χ2n) is 6.33. The molecule has 0 saturated carbocycles. The summed E-state index contributed by atoms with van der Waals surface area (Å²) < 4.78 is 13.5. The summed E-state index contributed by atoms with van der Waals surface area (Å²) >= 11 is 0. The molecule has 0 aliphatic rings. The molecule has 0 aliphatic heterocycles. The minimum absolute atomic E-state index is 0.0150. The van der Waals surface area contributed by atoms with Crippen LogP contribution in [0.2, 0.25) is 0 Å². The van der Waals surface area contributed by atoms with Crippen LogP contribution in [0.4, 0.5) is 10.1 Å². The average Bonchev–Trinajstić information content (AvgIpc) is 2.46. The Morgan fingerprint density at radius 1 is 1.04 bits per heavy atom. The van der Waals surface area contributed by atoms with Gasteiger partial charge in [-0.05, 0) is 49.6 Å². The Labute approximate surface area is 141 Å². The van der Waals surface area contributed by atoms with Crippen molar-refractivity contribution in [2.45, 2.75) is 39.7 Å². The van der Waals surface area contributed by atoms with E-state index in [4.69, 9.17) is 0 Å². The maximum atomic E-state index is 13.5. The summed E-state index contributed by atoms with van der Waals surface area (Å²) in [5.74, 6) is -1.26. The van der Waals surface area contributed by atoms with Crippen molar-refractivity contribution in [3.8, 4) is 11.5 Å². The van der Waals surface area contributed by atoms with Gasteiger partial charge in [-0.3, -0.25) is 4.79 Å². The Hall–Kier alpha value is -2.56. The number of halogens is 1. The van der Waals surface area contributed by atoms with Gasteiger partial charge in [-0.2, -0.15) is 0 Å². The van der Waals surface area contributed by atoms with Crippen LogP contribution < -0.4 is 4.90 Å². The molecule has 0 atom stereocenters. The van der Waals surface area contributed by atoms with Crippen molar-refractivity contribution in [1.82, 2.24) is 0 Å². The summed E-state index contributed by atoms with van der Waals surface area (Å²) in [6, 6.07) is 8.18. The lowest BCUT2D eigenvalue weighted by Crippen LogP contribution is -2.37. The van der Waals surface area contributed by atoms with Crippen molar-refractivity contribution in [2.24, 2.45) is 0 Å². The highest BCUT2D eigenvalue weighted by Gasteiger charge is 2.25. The molecule has 2 rings (SSSR count). The monoisotopic (exact) mass is 331 g/mol. The fourth-order valence-electron chi connectivity index (χ4n) is 2.63. The summed E-state index contributed by atoms with van der Waals surface area (Å²) in [5, 5.41) is 20.1. The predicted octanol–water partition coefficient (Wildman–Crippen LogP) is 4.42. The van der Waals surface area contributed by atoms with Crippen LogP contribution in [0.5, 0.6) is 11.5 Å². The highest BCUT2D eigenvalue weighted by atomic mass is 19.1. The fourth-order valence-corrected chi connectivity index (χ4v) is 2.63. The summed E-state index contributed by atoms with van der Waals surface area (Å²) in [7, 11) is 0. The topological polar surface area (TPSA) is 60.8 Å². The SMILES string of the molecule is CC(C)c1cc(C(=O)N(c2cccc(F)c2)C(C)C)c(O)cc1O. The van der Waals surface area contributed by atoms with Gasteiger partial charge in [0.05, 0.1) is 5.56 Å². The Balaban J connectivity index is 2.54. The summed E-state index contributed by atoms with van der Waals surface area (Å²) in [6.07, 6.45) is 0. The van der Waals surface area contributed by atoms with Crippen LogP contribution in [0.3, 0.4) is 0 Å². The molecule has 0 spiro atoms. The van der Waals surface area contributed by atoms with Crippen LogP contribution in [-0.2, 0) is 0 Å². The zero-order valence-electron chi connectivity index (χ0n) is 14.2. The lowest BCUT2D eigenvalue weighted by atomic mass is 9.98. The largest absolute Gasteiger partial charge is 0.508 e. The van der Waals surface area contributed by atoms with Crippen LogP contribution in [0.25, 0.3) is 0 Å². The lowest BCUT2D eigenvalue weighted by Gasteiger charge is -2.27. The second kappa shape index (κ2) is 6.91. The first-order valence-corrected chi connectivity index (χ1v) is 7.87. The number of nitrogens with zero attached hydrogens (tertiary/aromatic N) is 1. The van der Waals surface area contributed by atoms with Gasteiger partial charge in [0, 0.05) is 17.8 Å². The van der Waals surface area contributed by atoms with E-state index in [2.05, 4.69) is 0 Å². The van der Waals surface area contributed by atoms with Gasteiger partial charge in [0.25, 0.3) is 5.91 Å². The van der Waals surface area contributed by atoms with Gasteiger partial charge in [0.1, 0.15) is 17.3 Å². The zero-order valence-corrected chi connectivity index (χ0v) is 14.2. The normalized spacial score (nSPS) is 11.1. The maximum Gasteiger partial charge on any atom is 0.262 e. The minimum atomic E-state index is -0.449. The third-order valence-electron chi connectivity index (χ3n) is 3.82. The van der Waals surface area contributed by atoms with Gasteiger partial charge < -0.3 is 15.1 Å². The van der Waals surface area contributed by atoms with Crippen molar-refractivity contribution in [1.29, 1.82) is 0 Å². The molecule has 2 aromatic rings. The van der Waals surface area contributed by atoms with E-state index < -0.39 is 11.7 Å². The summed E-state index contributed by atoms with van der Waals surface area (Å²) in [5.41, 5.74) is 1.06. The molecule has 5 heteroatoms. The Morgan fingerprint density at radius 2 is 1.71 bits per heavy atom. The number of hydrogen-bond acceptors (Lipinski definition) is 3. The third-order valence-corrected chi connectivity index (χ3v) is 3.82. The number of rotatable bonds is 4. The van der Waals surface area contributed by atoms with E-state index in [0.29, 0.717) is 11.3 Å². The molecule has 2 aromatic carbocycles. The number of anilines is 1. The molecule has 128 valence electrons. The molecule has 0 saturated heterocycles. The zero-order chi connectivity index (χ0) is 18.0. The summed E-state index contributed by atoms with van der Waals surface area (Å²) in [4.78, 5) is 14.4. The number of phenolic OH excluding ortho intramolecular Hbond substituents is 2. The number of benzene rings is 2. The first-order valence-electron chi connectivity index (χ1n) is 7.87. The van der Waals surface area contributed by atoms with E-state index in [1.165, 1.54) is 35.2 Å². The Morgan fingerprint density at radius 3 is 2.25 bits per heavy atom. The molecule has 1 amide bonds. The molecule has 0 fully saturated rings. The number of carbonyl (C=O) groups excluding carboxylic acids is 1. The quantitative estimate of drug-likeness (QED) is 0.872. The Bertz CT molecular complexity index is 756. The molecule has 0 aromatic heterocycles. The van der Waals surface area contributed by atoms with Gasteiger partial charge in [-0.1, -0.05) is 19.9 Å². The highest BCUT2D eigenvalue weighted by Crippen LogP contribution is 2.34. The average molecular weight is 331 g/mol. The van der Waals surface area contributed by atoms with Crippen LogP contribution in [0.1, 0.15) is 49.5 Å². The third kappa shape index (κ3) is 3.50. The molecule has 0 aliphatic carbocycles. The number of amides is 1. The number of phenols is 2. The van der Waals surface area contributed by atoms with E-state index in [-0.39, 0.29) is 29.0 Å². The number of aromatic hydroxyl groups is 2. The van der Waals surface area contributed by atoms with Gasteiger partial charge >= 0.3 is 0 Å². The van der Waals surface area contributed by atoms with E-state index in [9.17, 15) is 19.4 Å². The number of carbonyl (C=O) groups is 1. The van der Waals surface area contributed by atoms with E-state index in [1.807, 2.05) is 27.7 Å².